The summed E-state index contributed by atoms with van der Waals surface area (Å²) in [6.07, 6.45) is 0. The standard InChI is InChI=1S/C52H24/c1-2-6-26-22-42-36-18-20-40-46-24-44-38-16-14-34-32-12-10-30-28-8-4-3-7-27(28)29-9-11-31(48(32)47(29)30)33-13-15-37(51(38)49(33)34)43(44)23-45(46)39-19-17-35(50(36)52(39)40)41(42)21-25(26)5-1/h1-24H. The SMILES string of the molecule is c1ccc2c(c1)-c1ccc3c4ccc5c6cc7c(cc6c6ccc(c8ccc-2c1c38)c4c56)c1ccc2c3c(ccc7c31)-c1cc3ccccc3cc1-2. The van der Waals surface area contributed by atoms with Gasteiger partial charge in [0.1, 0.15) is 0 Å². The number of hydrogen-bond donors (Lipinski definition) is 0. The zero-order valence-electron chi connectivity index (χ0n) is 27.9. The lowest BCUT2D eigenvalue weighted by atomic mass is 9.87. The molecule has 0 saturated heterocycles. The van der Waals surface area contributed by atoms with E-state index in [2.05, 4.69) is 146 Å². The van der Waals surface area contributed by atoms with Gasteiger partial charge < -0.3 is 0 Å². The van der Waals surface area contributed by atoms with E-state index >= 15 is 0 Å². The van der Waals surface area contributed by atoms with Gasteiger partial charge in [0.05, 0.1) is 0 Å². The summed E-state index contributed by atoms with van der Waals surface area (Å²) in [5.74, 6) is 0. The molecule has 0 spiro atoms. The zero-order chi connectivity index (χ0) is 33.1. The third-order valence-corrected chi connectivity index (χ3v) is 13.4. The molecule has 0 bridgehead atoms. The molecule has 0 nitrogen and oxygen atoms in total. The normalized spacial score (nSPS) is 13.4. The van der Waals surface area contributed by atoms with E-state index in [4.69, 9.17) is 0 Å². The molecule has 0 heteroatoms. The van der Waals surface area contributed by atoms with Gasteiger partial charge in [-0.05, 0) is 176 Å². The van der Waals surface area contributed by atoms with Gasteiger partial charge in [-0.25, -0.2) is 0 Å². The minimum atomic E-state index is 1.30. The lowest BCUT2D eigenvalue weighted by Crippen LogP contribution is -1.87. The predicted octanol–water partition coefficient (Wildman–Crippen LogP) is 14.8. The number of rotatable bonds is 0. The first-order valence-electron chi connectivity index (χ1n) is 18.4. The minimum Gasteiger partial charge on any atom is -0.0616 e. The highest BCUT2D eigenvalue weighted by atomic mass is 14.3. The van der Waals surface area contributed by atoms with Crippen molar-refractivity contribution in [1.82, 2.24) is 0 Å². The summed E-state index contributed by atoms with van der Waals surface area (Å²) in [5.41, 5.74) is 10.9. The molecule has 0 atom stereocenters. The smallest absolute Gasteiger partial charge is 0.00139 e. The predicted molar refractivity (Wildman–Crippen MR) is 224 cm³/mol. The average Bonchev–Trinajstić information content (AvgIpc) is 3.90. The summed E-state index contributed by atoms with van der Waals surface area (Å²) in [7, 11) is 0. The maximum absolute atomic E-state index is 2.52. The summed E-state index contributed by atoms with van der Waals surface area (Å²) in [4.78, 5) is 0. The van der Waals surface area contributed by atoms with Crippen molar-refractivity contribution in [3.8, 4) is 44.5 Å². The fourth-order valence-corrected chi connectivity index (χ4v) is 11.3. The first-order valence-corrected chi connectivity index (χ1v) is 18.4. The van der Waals surface area contributed by atoms with E-state index in [1.807, 2.05) is 0 Å². The highest BCUT2D eigenvalue weighted by molar-refractivity contribution is 6.45. The van der Waals surface area contributed by atoms with Gasteiger partial charge >= 0.3 is 0 Å². The Labute approximate surface area is 296 Å². The van der Waals surface area contributed by atoms with Gasteiger partial charge in [-0.15, -0.1) is 0 Å². The van der Waals surface area contributed by atoms with Crippen molar-refractivity contribution in [1.29, 1.82) is 0 Å². The van der Waals surface area contributed by atoms with Crippen LogP contribution in [0.15, 0.2) is 146 Å². The van der Waals surface area contributed by atoms with Crippen LogP contribution >= 0.6 is 0 Å². The summed E-state index contributed by atoms with van der Waals surface area (Å²) in [6, 6.07) is 56.3. The highest BCUT2D eigenvalue weighted by Gasteiger charge is 2.28. The fourth-order valence-electron chi connectivity index (χ4n) is 11.3. The highest BCUT2D eigenvalue weighted by Crippen LogP contribution is 2.56. The van der Waals surface area contributed by atoms with Crippen LogP contribution in [0.5, 0.6) is 0 Å². The Hall–Kier alpha value is -6.76. The van der Waals surface area contributed by atoms with E-state index in [1.54, 1.807) is 0 Å². The monoisotopic (exact) mass is 648 g/mol. The maximum atomic E-state index is 2.52. The molecule has 232 valence electrons. The fraction of sp³-hybridized carbons (Fsp3) is 0. The van der Waals surface area contributed by atoms with E-state index in [0.717, 1.165) is 0 Å². The second-order valence-corrected chi connectivity index (χ2v) is 15.4. The molecule has 15 rings (SSSR count). The van der Waals surface area contributed by atoms with Gasteiger partial charge in [0.15, 0.2) is 0 Å². The van der Waals surface area contributed by atoms with Crippen molar-refractivity contribution in [2.45, 2.75) is 0 Å². The third kappa shape index (κ3) is 2.57. The molecule has 0 heterocycles. The number of benzene rings is 11. The van der Waals surface area contributed by atoms with Gasteiger partial charge in [0, 0.05) is 0 Å². The van der Waals surface area contributed by atoms with Gasteiger partial charge in [0.2, 0.25) is 0 Å². The van der Waals surface area contributed by atoms with Gasteiger partial charge in [0.25, 0.3) is 0 Å². The molecule has 13 aromatic carbocycles. The molecule has 13 aromatic rings. The maximum Gasteiger partial charge on any atom is -0.00139 e. The van der Waals surface area contributed by atoms with E-state index in [9.17, 15) is 0 Å². The number of fused-ring (bicyclic) bond motifs is 15. The molecule has 0 aliphatic heterocycles. The molecule has 0 radical (unpaired) electrons. The van der Waals surface area contributed by atoms with E-state index in [0.29, 0.717) is 0 Å². The zero-order valence-corrected chi connectivity index (χ0v) is 27.9. The summed E-state index contributed by atoms with van der Waals surface area (Å²) < 4.78 is 0. The number of hydrogen-bond acceptors (Lipinski definition) is 0. The molecule has 2 aliphatic rings. The molecule has 0 fully saturated rings. The summed E-state index contributed by atoms with van der Waals surface area (Å²) >= 11 is 0. The van der Waals surface area contributed by atoms with Crippen LogP contribution in [0.3, 0.4) is 0 Å². The van der Waals surface area contributed by atoms with Crippen molar-refractivity contribution < 1.29 is 0 Å². The van der Waals surface area contributed by atoms with Crippen LogP contribution in [0.1, 0.15) is 0 Å². The molecular weight excluding hydrogens is 625 g/mol. The molecular formula is C52H24. The molecule has 0 saturated carbocycles. The molecule has 2 aliphatic carbocycles. The van der Waals surface area contributed by atoms with Gasteiger partial charge in [-0.2, -0.15) is 0 Å². The first-order chi connectivity index (χ1) is 25.8. The molecule has 0 unspecified atom stereocenters. The van der Waals surface area contributed by atoms with Crippen LogP contribution in [0.4, 0.5) is 0 Å². The Morgan fingerprint density at radius 3 is 0.846 bits per heavy atom. The van der Waals surface area contributed by atoms with Gasteiger partial charge in [-0.3, -0.25) is 0 Å². The van der Waals surface area contributed by atoms with Crippen LogP contribution in [-0.2, 0) is 0 Å². The Kier molecular flexibility index (Phi) is 3.92. The van der Waals surface area contributed by atoms with E-state index < -0.39 is 0 Å². The summed E-state index contributed by atoms with van der Waals surface area (Å²) in [5, 5.41) is 27.5. The first kappa shape index (κ1) is 25.2. The molecule has 0 N–H and O–H groups in total. The Morgan fingerprint density at radius 2 is 0.462 bits per heavy atom. The topological polar surface area (TPSA) is 0 Å². The Morgan fingerprint density at radius 1 is 0.173 bits per heavy atom. The second kappa shape index (κ2) is 8.07. The average molecular weight is 649 g/mol. The van der Waals surface area contributed by atoms with Crippen molar-refractivity contribution in [3.05, 3.63) is 146 Å². The van der Waals surface area contributed by atoms with E-state index in [-0.39, 0.29) is 0 Å². The van der Waals surface area contributed by atoms with E-state index in [1.165, 1.54) is 152 Å². The lowest BCUT2D eigenvalue weighted by molar-refractivity contribution is 1.70. The van der Waals surface area contributed by atoms with Crippen molar-refractivity contribution in [2.24, 2.45) is 0 Å². The van der Waals surface area contributed by atoms with Crippen LogP contribution in [0, 0.1) is 0 Å². The molecule has 0 aromatic heterocycles. The van der Waals surface area contributed by atoms with Crippen LogP contribution in [0.2, 0.25) is 0 Å². The third-order valence-electron chi connectivity index (χ3n) is 13.4. The lowest BCUT2D eigenvalue weighted by Gasteiger charge is -2.16. The van der Waals surface area contributed by atoms with Crippen molar-refractivity contribution in [3.63, 3.8) is 0 Å². The summed E-state index contributed by atoms with van der Waals surface area (Å²) in [6.45, 7) is 0. The second-order valence-electron chi connectivity index (χ2n) is 15.4. The van der Waals surface area contributed by atoms with Gasteiger partial charge in [-0.1, -0.05) is 121 Å². The molecule has 0 amide bonds. The Balaban J connectivity index is 1.05. The van der Waals surface area contributed by atoms with Crippen molar-refractivity contribution >= 4 is 108 Å². The minimum absolute atomic E-state index is 1.30. The van der Waals surface area contributed by atoms with Crippen LogP contribution < -0.4 is 0 Å². The van der Waals surface area contributed by atoms with Crippen LogP contribution in [0.25, 0.3) is 152 Å². The van der Waals surface area contributed by atoms with Crippen LogP contribution in [-0.4, -0.2) is 0 Å². The van der Waals surface area contributed by atoms with Crippen molar-refractivity contribution in [2.75, 3.05) is 0 Å². The quantitative estimate of drug-likeness (QED) is 0.113. The molecule has 52 heavy (non-hydrogen) atoms. The Bertz CT molecular complexity index is 3600. The largest absolute Gasteiger partial charge is 0.0616 e.